The third kappa shape index (κ3) is 2.06. The Bertz CT molecular complexity index is 554. The number of hydrogen-bond acceptors (Lipinski definition) is 4. The molecule has 0 atom stereocenters. The van der Waals surface area contributed by atoms with Gasteiger partial charge in [0.25, 0.3) is 0 Å². The zero-order valence-corrected chi connectivity index (χ0v) is 9.85. The molecule has 0 spiro atoms. The number of para-hydroxylation sites is 1. The van der Waals surface area contributed by atoms with Crippen molar-refractivity contribution in [2.24, 2.45) is 0 Å². The van der Waals surface area contributed by atoms with Crippen LogP contribution >= 0.6 is 11.6 Å². The number of aliphatic hydroxyl groups excluding tert-OH is 1. The predicted octanol–water partition coefficient (Wildman–Crippen LogP) is 2.22. The zero-order chi connectivity index (χ0) is 11.8. The van der Waals surface area contributed by atoms with Gasteiger partial charge in [-0.3, -0.25) is 0 Å². The number of nitrogens with zero attached hydrogens (tertiary/aromatic N) is 2. The van der Waals surface area contributed by atoms with Crippen LogP contribution in [-0.4, -0.2) is 27.2 Å². The first kappa shape index (κ1) is 10.7. The molecule has 5 heteroatoms. The lowest BCUT2D eigenvalue weighted by atomic mass is 9.89. The summed E-state index contributed by atoms with van der Waals surface area (Å²) in [6, 6.07) is 8.01. The third-order valence-electron chi connectivity index (χ3n) is 3.03. The average Bonchev–Trinajstić information content (AvgIpc) is 2.26. The number of aliphatic hydroxyl groups is 1. The van der Waals surface area contributed by atoms with Gasteiger partial charge in [0.1, 0.15) is 5.82 Å². The van der Waals surface area contributed by atoms with Crippen molar-refractivity contribution < 1.29 is 5.11 Å². The van der Waals surface area contributed by atoms with Crippen molar-refractivity contribution in [3.05, 3.63) is 29.5 Å². The van der Waals surface area contributed by atoms with Crippen LogP contribution in [0.25, 0.3) is 10.9 Å². The molecule has 0 radical (unpaired) electrons. The van der Waals surface area contributed by atoms with E-state index >= 15 is 0 Å². The molecule has 1 aromatic carbocycles. The summed E-state index contributed by atoms with van der Waals surface area (Å²) >= 11 is 5.89. The van der Waals surface area contributed by atoms with E-state index in [1.165, 1.54) is 0 Å². The fourth-order valence-corrected chi connectivity index (χ4v) is 2.23. The van der Waals surface area contributed by atoms with Crippen LogP contribution in [0.3, 0.4) is 0 Å². The van der Waals surface area contributed by atoms with Gasteiger partial charge in [-0.15, -0.1) is 0 Å². The molecule has 1 aliphatic carbocycles. The molecule has 1 aromatic heterocycles. The van der Waals surface area contributed by atoms with Crippen LogP contribution in [0.5, 0.6) is 0 Å². The van der Waals surface area contributed by atoms with Crippen LogP contribution in [0.15, 0.2) is 24.3 Å². The maximum Gasteiger partial charge on any atom is 0.224 e. The smallest absolute Gasteiger partial charge is 0.224 e. The van der Waals surface area contributed by atoms with Gasteiger partial charge >= 0.3 is 0 Å². The minimum Gasteiger partial charge on any atom is -0.393 e. The molecule has 2 N–H and O–H groups in total. The maximum absolute atomic E-state index is 9.27. The van der Waals surface area contributed by atoms with Crippen molar-refractivity contribution >= 4 is 28.3 Å². The molecule has 1 heterocycles. The molecule has 0 aliphatic heterocycles. The SMILES string of the molecule is OC1CC(Nc2nc(Cl)nc3ccccc23)C1. The Morgan fingerprint density at radius 1 is 1.24 bits per heavy atom. The molecule has 17 heavy (non-hydrogen) atoms. The molecule has 1 saturated carbocycles. The van der Waals surface area contributed by atoms with Crippen molar-refractivity contribution in [1.82, 2.24) is 9.97 Å². The molecule has 3 rings (SSSR count). The van der Waals surface area contributed by atoms with E-state index in [2.05, 4.69) is 15.3 Å². The highest BCUT2D eigenvalue weighted by molar-refractivity contribution is 6.28. The molecule has 4 nitrogen and oxygen atoms in total. The van der Waals surface area contributed by atoms with E-state index in [0.29, 0.717) is 0 Å². The molecule has 0 amide bonds. The van der Waals surface area contributed by atoms with Gasteiger partial charge in [-0.25, -0.2) is 9.97 Å². The van der Waals surface area contributed by atoms with Gasteiger partial charge in [-0.2, -0.15) is 0 Å². The summed E-state index contributed by atoms with van der Waals surface area (Å²) in [5, 5.41) is 13.8. The number of fused-ring (bicyclic) bond motifs is 1. The van der Waals surface area contributed by atoms with Gasteiger partial charge in [0, 0.05) is 11.4 Å². The maximum atomic E-state index is 9.27. The van der Waals surface area contributed by atoms with E-state index in [1.807, 2.05) is 24.3 Å². The Labute approximate surface area is 104 Å². The van der Waals surface area contributed by atoms with E-state index in [0.717, 1.165) is 29.6 Å². The number of nitrogens with one attached hydrogen (secondary N) is 1. The normalized spacial score (nSPS) is 23.4. The first-order chi connectivity index (χ1) is 8.22. The van der Waals surface area contributed by atoms with Gasteiger partial charge in [-0.05, 0) is 36.6 Å². The Hall–Kier alpha value is -1.39. The minimum absolute atomic E-state index is 0.184. The van der Waals surface area contributed by atoms with E-state index < -0.39 is 0 Å². The van der Waals surface area contributed by atoms with E-state index in [-0.39, 0.29) is 17.4 Å². The molecular weight excluding hydrogens is 238 g/mol. The number of rotatable bonds is 2. The van der Waals surface area contributed by atoms with Crippen LogP contribution in [-0.2, 0) is 0 Å². The van der Waals surface area contributed by atoms with E-state index in [4.69, 9.17) is 11.6 Å². The summed E-state index contributed by atoms with van der Waals surface area (Å²) in [5.41, 5.74) is 0.829. The van der Waals surface area contributed by atoms with Gasteiger partial charge in [0.15, 0.2) is 0 Å². The lowest BCUT2D eigenvalue weighted by molar-refractivity contribution is 0.0836. The lowest BCUT2D eigenvalue weighted by Gasteiger charge is -2.32. The van der Waals surface area contributed by atoms with E-state index in [1.54, 1.807) is 0 Å². The van der Waals surface area contributed by atoms with Gasteiger partial charge in [-0.1, -0.05) is 12.1 Å². The Morgan fingerprint density at radius 2 is 2.00 bits per heavy atom. The van der Waals surface area contributed by atoms with E-state index in [9.17, 15) is 5.11 Å². The number of aromatic nitrogens is 2. The van der Waals surface area contributed by atoms with Gasteiger partial charge in [0.2, 0.25) is 5.28 Å². The summed E-state index contributed by atoms with van der Waals surface area (Å²) in [4.78, 5) is 8.38. The van der Waals surface area contributed by atoms with Crippen molar-refractivity contribution in [3.8, 4) is 0 Å². The Balaban J connectivity index is 1.97. The van der Waals surface area contributed by atoms with Crippen molar-refractivity contribution in [3.63, 3.8) is 0 Å². The molecule has 2 aromatic rings. The molecular formula is C12H12ClN3O. The van der Waals surface area contributed by atoms with Crippen LogP contribution in [0.4, 0.5) is 5.82 Å². The van der Waals surface area contributed by atoms with Crippen molar-refractivity contribution in [1.29, 1.82) is 0 Å². The highest BCUT2D eigenvalue weighted by atomic mass is 35.5. The second-order valence-corrected chi connectivity index (χ2v) is 4.66. The van der Waals surface area contributed by atoms with Gasteiger partial charge in [0.05, 0.1) is 11.6 Å². The van der Waals surface area contributed by atoms with Crippen LogP contribution < -0.4 is 5.32 Å². The average molecular weight is 250 g/mol. The quantitative estimate of drug-likeness (QED) is 0.802. The topological polar surface area (TPSA) is 58.0 Å². The van der Waals surface area contributed by atoms with Crippen LogP contribution in [0, 0.1) is 0 Å². The fraction of sp³-hybridized carbons (Fsp3) is 0.333. The number of anilines is 1. The highest BCUT2D eigenvalue weighted by Crippen LogP contribution is 2.27. The summed E-state index contributed by atoms with van der Waals surface area (Å²) in [5.74, 6) is 0.748. The molecule has 0 bridgehead atoms. The Kier molecular flexibility index (Phi) is 2.61. The second-order valence-electron chi connectivity index (χ2n) is 4.32. The second kappa shape index (κ2) is 4.13. The number of hydrogen-bond donors (Lipinski definition) is 2. The molecule has 0 saturated heterocycles. The summed E-state index contributed by atoms with van der Waals surface area (Å²) in [6.07, 6.45) is 1.34. The standard InChI is InChI=1S/C12H12ClN3O/c13-12-15-10-4-2-1-3-9(10)11(16-12)14-7-5-8(17)6-7/h1-4,7-8,17H,5-6H2,(H,14,15,16). The lowest BCUT2D eigenvalue weighted by Crippen LogP contribution is -2.39. The molecule has 88 valence electrons. The fourth-order valence-electron chi connectivity index (χ4n) is 2.06. The van der Waals surface area contributed by atoms with Crippen molar-refractivity contribution in [2.75, 3.05) is 5.32 Å². The van der Waals surface area contributed by atoms with Crippen LogP contribution in [0.1, 0.15) is 12.8 Å². The first-order valence-electron chi connectivity index (χ1n) is 5.59. The predicted molar refractivity (Wildman–Crippen MR) is 67.2 cm³/mol. The Morgan fingerprint density at radius 3 is 2.76 bits per heavy atom. The minimum atomic E-state index is -0.184. The molecule has 1 fully saturated rings. The van der Waals surface area contributed by atoms with Crippen LogP contribution in [0.2, 0.25) is 5.28 Å². The summed E-state index contributed by atoms with van der Waals surface area (Å²) in [6.45, 7) is 0. The zero-order valence-electron chi connectivity index (χ0n) is 9.10. The van der Waals surface area contributed by atoms with Crippen molar-refractivity contribution in [2.45, 2.75) is 25.0 Å². The largest absolute Gasteiger partial charge is 0.393 e. The molecule has 0 unspecified atom stereocenters. The first-order valence-corrected chi connectivity index (χ1v) is 5.97. The summed E-state index contributed by atoms with van der Waals surface area (Å²) < 4.78 is 0. The monoisotopic (exact) mass is 249 g/mol. The highest BCUT2D eigenvalue weighted by Gasteiger charge is 2.27. The number of halogens is 1. The molecule has 1 aliphatic rings. The number of benzene rings is 1. The van der Waals surface area contributed by atoms with Gasteiger partial charge < -0.3 is 10.4 Å². The third-order valence-corrected chi connectivity index (χ3v) is 3.20. The summed E-state index contributed by atoms with van der Waals surface area (Å²) in [7, 11) is 0.